The number of hydrogen-bond acceptors (Lipinski definition) is 0. The van der Waals surface area contributed by atoms with Crippen LogP contribution in [0.25, 0.3) is 0 Å². The fourth-order valence-electron chi connectivity index (χ4n) is 0. The van der Waals surface area contributed by atoms with Crippen LogP contribution in [0.3, 0.4) is 0 Å². The van der Waals surface area contributed by atoms with Crippen molar-refractivity contribution in [1.82, 2.24) is 0 Å². The topological polar surface area (TPSA) is 0 Å². The second-order valence-corrected chi connectivity index (χ2v) is 0. The van der Waals surface area contributed by atoms with Gasteiger partial charge in [-0.2, -0.15) is 0 Å². The van der Waals surface area contributed by atoms with Gasteiger partial charge in [-0.25, -0.2) is 0 Å². The van der Waals surface area contributed by atoms with Crippen LogP contribution in [0.5, 0.6) is 0 Å². The monoisotopic (exact) mass is 17100 g/mol. The van der Waals surface area contributed by atoms with Crippen LogP contribution in [0.4, 0.5) is 0 Å². The summed E-state index contributed by atoms with van der Waals surface area (Å²) in [5.74, 6) is 0. The first-order valence-electron chi connectivity index (χ1n) is 0. The van der Waals surface area contributed by atoms with E-state index in [4.69, 9.17) is 0 Å². The molecule has 0 heterocycles. The summed E-state index contributed by atoms with van der Waals surface area (Å²) in [4.78, 5) is 0. The molecule has 0 nitrogen and oxygen atoms in total. The molecule has 0 aromatic heterocycles. The molecule has 0 rings (SSSR count). The summed E-state index contributed by atoms with van der Waals surface area (Å²) in [6.45, 7) is 0. The smallest absolute Gasteiger partial charge is 0 e. The van der Waals surface area contributed by atoms with Crippen LogP contribution in [0.15, 0.2) is 0 Å². The molecule has 0 saturated carbocycles. The van der Waals surface area contributed by atoms with Crippen molar-refractivity contribution >= 4 is 0 Å². The van der Waals surface area contributed by atoms with Gasteiger partial charge in [-0.3, -0.25) is 0 Å². The normalized spacial score (nSPS) is 0. The molecule has 0 N–H and O–H groups in total. The summed E-state index contributed by atoms with van der Waals surface area (Å²) in [5.41, 5.74) is 0. The summed E-state index contributed by atoms with van der Waals surface area (Å²) in [6, 6.07) is 0. The SMILES string of the molecule is [Rf].[Rf].[Rf].[Rf].[Rf].[Rf].[Rf].[Rf].[Rf].[Rf].[Rf].[Rf].[Rf].[Rf].[Rf].[Rf].[Rf].[Rf].[Rf].[Rf].[Rf].[Rf].[Rf].[Rf].[Rf].[Rf].[Rf].[Rf].[Rf].[Rf].[Rf].[Rf].[Rf].[Rf].[Rf].[Rf].[Rf].[Rf].[Rf].[Rf].[Rf].[Rf].[Rf].[Rf].[Rf].[Rf].[Rf].[Rf].[Rf].[Rf].[Rf].[Rf].[Rf].[Rf].[Rf].[Rf].[Rf].[Rf].[Rf].[Rf].[Rf].[Rf].[Rf].[Rf]. The summed E-state index contributed by atoms with van der Waals surface area (Å²) >= 11 is 0. The van der Waals surface area contributed by atoms with Gasteiger partial charge >= 0.3 is 0 Å². The molecule has 0 unspecified atom stereocenters. The fourth-order valence-corrected chi connectivity index (χ4v) is 0. The molecule has 0 aliphatic carbocycles. The first-order valence-corrected chi connectivity index (χ1v) is 0. The van der Waals surface area contributed by atoms with Gasteiger partial charge in [-0.15, -0.1) is 0 Å². The molecule has 0 aliphatic rings. The average Bonchev–Trinajstić information content (AvgIpc) is 0. The van der Waals surface area contributed by atoms with Crippen molar-refractivity contribution in [1.29, 1.82) is 0 Å². The van der Waals surface area contributed by atoms with Crippen LogP contribution in [0.2, 0.25) is 0 Å². The average molecular weight is 17100 g/mol. The standard InChI is InChI=1S/64Rf. The van der Waals surface area contributed by atoms with E-state index in [1.54, 1.807) is 0 Å². The molecule has 64 heteroatoms. The van der Waals surface area contributed by atoms with Crippen molar-refractivity contribution in [2.24, 2.45) is 0 Å². The first kappa shape index (κ1) is 0. The van der Waals surface area contributed by atoms with E-state index in [1.807, 2.05) is 0 Å². The number of hydrogen-bond donors (Lipinski definition) is 0. The second-order valence-electron chi connectivity index (χ2n) is 0. The van der Waals surface area contributed by atoms with Crippen LogP contribution in [0, 0.1) is 0 Å². The van der Waals surface area contributed by atoms with Crippen LogP contribution in [-0.4, -0.2) is 0 Å². The molecule has 0 radical (unpaired) electrons. The van der Waals surface area contributed by atoms with Crippen LogP contribution >= 0.6 is 0 Å². The Bertz CT molecular complexity index is 0. The summed E-state index contributed by atoms with van der Waals surface area (Å²) < 4.78 is 0. The van der Waals surface area contributed by atoms with Gasteiger partial charge in [-0.05, 0) is 0 Å². The zero-order chi connectivity index (χ0) is 0. The maximum atomic E-state index is 0. The molecule has 0 amide bonds. The largest absolute Gasteiger partial charge is 0 e. The Morgan fingerprint density at radius 2 is 0.0156 bits per heavy atom. The van der Waals surface area contributed by atoms with Crippen molar-refractivity contribution in [3.63, 3.8) is 0 Å². The van der Waals surface area contributed by atoms with E-state index in [1.165, 1.54) is 0 Å². The maximum absolute atomic E-state index is 0. The Kier molecular flexibility index (Phi) is 0. The molecule has 128 valence electrons. The van der Waals surface area contributed by atoms with Crippen molar-refractivity contribution < 1.29 is 0 Å². The van der Waals surface area contributed by atoms with E-state index in [9.17, 15) is 0 Å². The second kappa shape index (κ2) is -0.000977. The molecule has 0 aliphatic heterocycles. The number of rotatable bonds is 0. The van der Waals surface area contributed by atoms with E-state index in [0.29, 0.717) is 0 Å². The van der Waals surface area contributed by atoms with Crippen LogP contribution in [0.1, 0.15) is 0 Å². The minimum Gasteiger partial charge on any atom is 0 e. The summed E-state index contributed by atoms with van der Waals surface area (Å²) in [7, 11) is 0. The summed E-state index contributed by atoms with van der Waals surface area (Å²) in [5, 5.41) is 0. The molecule has 0 saturated heterocycles. The minimum atomic E-state index is 0. The molecule has 64 heavy (non-hydrogen) atoms. The molecule has 0 aromatic carbocycles. The Morgan fingerprint density at radius 3 is 0.0156 bits per heavy atom. The molecule has 0 spiro atoms. The minimum absolute atomic E-state index is 0. The predicted octanol–water partition coefficient (Wildman–Crippen LogP) is 0. The molecular formula is Rf64. The third-order valence-corrected chi connectivity index (χ3v) is 0. The Morgan fingerprint density at radius 1 is 0.0156 bits per heavy atom. The van der Waals surface area contributed by atoms with Crippen molar-refractivity contribution in [2.75, 3.05) is 0 Å². The Hall–Kier alpha value is -64.0. The molecule has 0 aromatic rings. The molecule has 0 atom stereocenters. The third-order valence-electron chi connectivity index (χ3n) is 0. The van der Waals surface area contributed by atoms with E-state index in [0.717, 1.165) is 0 Å². The van der Waals surface area contributed by atoms with Crippen molar-refractivity contribution in [2.45, 2.75) is 0 Å². The van der Waals surface area contributed by atoms with Gasteiger partial charge in [0.25, 0.3) is 0 Å². The van der Waals surface area contributed by atoms with Crippen molar-refractivity contribution in [3.05, 3.63) is 0 Å². The van der Waals surface area contributed by atoms with Gasteiger partial charge in [0.2, 0.25) is 0 Å². The molecule has 0 fully saturated rings. The Labute approximate surface area is 0 Å². The van der Waals surface area contributed by atoms with E-state index >= 15 is 0 Å². The predicted molar refractivity (Wildman–Crippen MR) is 0 cm³/mol. The van der Waals surface area contributed by atoms with E-state index in [-0.39, 0.29) is 0 Å². The fraction of sp³-hybridized carbons (Fsp3) is 0. The van der Waals surface area contributed by atoms with Crippen LogP contribution in [-0.2, 0) is 0 Å². The van der Waals surface area contributed by atoms with Gasteiger partial charge < -0.3 is 0 Å². The summed E-state index contributed by atoms with van der Waals surface area (Å²) in [6.07, 6.45) is 0. The quantitative estimate of drug-likeness (QED) is 0.321. The molecular weight excluding hydrogens is 17100 g/mol. The van der Waals surface area contributed by atoms with E-state index < -0.39 is 0 Å². The van der Waals surface area contributed by atoms with Gasteiger partial charge in [0, 0.05) is 0 Å². The Balaban J connectivity index is 0. The zero-order valence-corrected chi connectivity index (χ0v) is 455. The first-order chi connectivity index (χ1) is 0. The van der Waals surface area contributed by atoms with Crippen LogP contribution < -0.4 is 0 Å². The van der Waals surface area contributed by atoms with Gasteiger partial charge in [0.15, 0.2) is 0 Å². The van der Waals surface area contributed by atoms with Crippen molar-refractivity contribution in [3.8, 4) is 0 Å². The third kappa shape index (κ3) is -0.00439. The van der Waals surface area contributed by atoms with Gasteiger partial charge in [0.05, 0.1) is 0 Å². The van der Waals surface area contributed by atoms with Gasteiger partial charge in [-0.1, -0.05) is 0 Å². The van der Waals surface area contributed by atoms with Gasteiger partial charge in [0.1, 0.15) is 0 Å². The maximum Gasteiger partial charge on any atom is 0 e. The molecule has 0 bridgehead atoms. The van der Waals surface area contributed by atoms with E-state index in [2.05, 4.69) is 0 Å². The zero-order valence-electron chi connectivity index (χ0n) is 45.3.